The van der Waals surface area contributed by atoms with E-state index in [1.807, 2.05) is 0 Å². The molecule has 134 valence electrons. The number of rotatable bonds is 6. The van der Waals surface area contributed by atoms with Crippen LogP contribution in [-0.4, -0.2) is 31.0 Å². The maximum atomic E-state index is 14.2. The Kier molecular flexibility index (Phi) is 5.44. The molecule has 12 heteroatoms. The van der Waals surface area contributed by atoms with Crippen LogP contribution in [0.25, 0.3) is 11.3 Å². The minimum absolute atomic E-state index is 0.192. The van der Waals surface area contributed by atoms with E-state index in [-0.39, 0.29) is 28.3 Å². The van der Waals surface area contributed by atoms with Gasteiger partial charge in [-0.1, -0.05) is 11.6 Å². The summed E-state index contributed by atoms with van der Waals surface area (Å²) in [5.41, 5.74) is -0.952. The Hall–Kier alpha value is -2.45. The number of hydrogen-bond donors (Lipinski definition) is 2. The molecule has 0 fully saturated rings. The third-order valence-corrected chi connectivity index (χ3v) is 4.66. The molecule has 1 aromatic carbocycles. The van der Waals surface area contributed by atoms with E-state index in [0.29, 0.717) is 0 Å². The highest BCUT2D eigenvalue weighted by molar-refractivity contribution is 7.92. The number of nitrogens with zero attached hydrogens (tertiary/aromatic N) is 2. The number of aromatic amines is 1. The van der Waals surface area contributed by atoms with Gasteiger partial charge in [0.2, 0.25) is 10.0 Å². The molecule has 0 spiro atoms. The second kappa shape index (κ2) is 7.20. The summed E-state index contributed by atoms with van der Waals surface area (Å²) in [4.78, 5) is 0. The monoisotopic (exact) mass is 394 g/mol. The highest BCUT2D eigenvalue weighted by atomic mass is 35.5. The molecule has 0 atom stereocenters. The average Bonchev–Trinajstić information content (AvgIpc) is 2.88. The van der Waals surface area contributed by atoms with Crippen LogP contribution in [0.2, 0.25) is 5.02 Å². The molecule has 0 saturated heterocycles. The Morgan fingerprint density at radius 2 is 2.16 bits per heavy atom. The number of hydrogen-bond acceptors (Lipinski definition) is 5. The molecule has 2 rings (SSSR count). The van der Waals surface area contributed by atoms with Crippen LogP contribution >= 0.6 is 11.6 Å². The molecular weight excluding hydrogens is 385 g/mol. The molecule has 25 heavy (non-hydrogen) atoms. The van der Waals surface area contributed by atoms with E-state index >= 15 is 0 Å². The number of H-pyrrole nitrogens is 1. The molecular formula is C13H10ClF3N4O3S. The van der Waals surface area contributed by atoms with Crippen molar-refractivity contribution in [2.45, 2.75) is 13.5 Å². The Morgan fingerprint density at radius 1 is 1.48 bits per heavy atom. The van der Waals surface area contributed by atoms with Crippen LogP contribution in [-0.2, 0) is 10.0 Å². The average molecular weight is 395 g/mol. The maximum Gasteiger partial charge on any atom is 0.388 e. The fraction of sp³-hybridized carbons (Fsp3) is 0.231. The number of anilines is 1. The van der Waals surface area contributed by atoms with E-state index in [2.05, 4.69) is 19.7 Å². The number of aromatic nitrogens is 2. The molecule has 2 N–H and O–H groups in total. The van der Waals surface area contributed by atoms with Crippen LogP contribution < -0.4 is 9.46 Å². The van der Waals surface area contributed by atoms with Gasteiger partial charge in [-0.2, -0.15) is 14.0 Å². The summed E-state index contributed by atoms with van der Waals surface area (Å²) in [6.07, 6.45) is 0. The van der Waals surface area contributed by atoms with Gasteiger partial charge in [0, 0.05) is 5.56 Å². The van der Waals surface area contributed by atoms with Crippen molar-refractivity contribution >= 4 is 27.3 Å². The Bertz CT molecular complexity index is 941. The van der Waals surface area contributed by atoms with E-state index in [9.17, 15) is 21.6 Å². The fourth-order valence-electron chi connectivity index (χ4n) is 1.83. The minimum atomic E-state index is -3.74. The van der Waals surface area contributed by atoms with Crippen molar-refractivity contribution in [2.24, 2.45) is 0 Å². The summed E-state index contributed by atoms with van der Waals surface area (Å²) in [5.74, 6) is -1.86. The third kappa shape index (κ3) is 4.15. The zero-order chi connectivity index (χ0) is 18.8. The molecule has 0 saturated carbocycles. The molecule has 0 aliphatic carbocycles. The Morgan fingerprint density at radius 3 is 2.72 bits per heavy atom. The summed E-state index contributed by atoms with van der Waals surface area (Å²) in [6.45, 7) is -1.81. The van der Waals surface area contributed by atoms with Crippen molar-refractivity contribution in [3.8, 4) is 23.2 Å². The van der Waals surface area contributed by atoms with E-state index in [1.165, 1.54) is 6.92 Å². The second-order valence-corrected chi connectivity index (χ2v) is 6.98. The first kappa shape index (κ1) is 18.9. The lowest BCUT2D eigenvalue weighted by Gasteiger charge is -2.10. The van der Waals surface area contributed by atoms with Gasteiger partial charge in [-0.05, 0) is 19.1 Å². The van der Waals surface area contributed by atoms with Gasteiger partial charge in [0.1, 0.15) is 16.9 Å². The second-order valence-electron chi connectivity index (χ2n) is 4.59. The zero-order valence-electron chi connectivity index (χ0n) is 12.5. The van der Waals surface area contributed by atoms with Gasteiger partial charge < -0.3 is 4.74 Å². The summed E-state index contributed by atoms with van der Waals surface area (Å²) < 4.78 is 68.4. The molecule has 0 aliphatic heterocycles. The molecule has 0 aliphatic rings. The smallest absolute Gasteiger partial charge is 0.388 e. The number of benzene rings is 1. The lowest BCUT2D eigenvalue weighted by Crippen LogP contribution is -2.15. The van der Waals surface area contributed by atoms with Gasteiger partial charge in [0.15, 0.2) is 0 Å². The topological polar surface area (TPSA) is 108 Å². The maximum absolute atomic E-state index is 14.2. The first-order valence-electron chi connectivity index (χ1n) is 6.61. The first-order chi connectivity index (χ1) is 11.7. The van der Waals surface area contributed by atoms with Crippen molar-refractivity contribution < 1.29 is 26.3 Å². The van der Waals surface area contributed by atoms with E-state index in [1.54, 1.807) is 6.07 Å². The van der Waals surface area contributed by atoms with E-state index < -0.39 is 33.4 Å². The molecule has 0 amide bonds. The van der Waals surface area contributed by atoms with Crippen molar-refractivity contribution in [1.29, 1.82) is 5.26 Å². The Balaban J connectivity index is 2.56. The molecule has 2 aromatic rings. The number of nitrogens with one attached hydrogen (secondary N) is 2. The molecule has 1 heterocycles. The van der Waals surface area contributed by atoms with Gasteiger partial charge in [-0.3, -0.25) is 9.82 Å². The normalized spacial score (nSPS) is 11.4. The summed E-state index contributed by atoms with van der Waals surface area (Å²) in [6, 6.07) is 3.45. The van der Waals surface area contributed by atoms with Gasteiger partial charge in [-0.25, -0.2) is 12.8 Å². The van der Waals surface area contributed by atoms with Crippen LogP contribution in [0.1, 0.15) is 12.5 Å². The third-order valence-electron chi connectivity index (χ3n) is 3.02. The van der Waals surface area contributed by atoms with Crippen molar-refractivity contribution in [3.63, 3.8) is 0 Å². The van der Waals surface area contributed by atoms with Gasteiger partial charge >= 0.3 is 6.61 Å². The molecule has 0 bridgehead atoms. The summed E-state index contributed by atoms with van der Waals surface area (Å²) >= 11 is 5.84. The van der Waals surface area contributed by atoms with Crippen LogP contribution in [0, 0.1) is 17.1 Å². The first-order valence-corrected chi connectivity index (χ1v) is 8.64. The SMILES string of the molecule is CCS(=O)(=O)Nc1cc(-c2[nH]nc(OC(F)F)c2Cl)c(F)cc1C#N. The van der Waals surface area contributed by atoms with Gasteiger partial charge in [0.05, 0.1) is 22.7 Å². The summed E-state index contributed by atoms with van der Waals surface area (Å²) in [5, 5.41) is 14.3. The molecule has 1 aromatic heterocycles. The minimum Gasteiger partial charge on any atom is -0.414 e. The van der Waals surface area contributed by atoms with Crippen molar-refractivity contribution in [1.82, 2.24) is 10.2 Å². The standard InChI is InChI=1S/C13H10ClF3N4O3S/c1-2-25(22,23)21-9-4-7(8(15)3-6(9)5-18)11-10(14)12(20-19-11)24-13(16)17/h3-4,13,21H,2H2,1H3,(H,19,20). The van der Waals surface area contributed by atoms with Crippen LogP contribution in [0.15, 0.2) is 12.1 Å². The highest BCUT2D eigenvalue weighted by Gasteiger charge is 2.22. The van der Waals surface area contributed by atoms with Gasteiger partial charge in [0.25, 0.3) is 5.88 Å². The van der Waals surface area contributed by atoms with E-state index in [4.69, 9.17) is 16.9 Å². The molecule has 0 unspecified atom stereocenters. The van der Waals surface area contributed by atoms with Gasteiger partial charge in [-0.15, -0.1) is 5.10 Å². The quantitative estimate of drug-likeness (QED) is 0.782. The van der Waals surface area contributed by atoms with E-state index in [0.717, 1.165) is 12.1 Å². The predicted octanol–water partition coefficient (Wildman–Crippen LogP) is 3.10. The number of alkyl halides is 2. The molecule has 0 radical (unpaired) electrons. The lowest BCUT2D eigenvalue weighted by atomic mass is 10.1. The summed E-state index contributed by atoms with van der Waals surface area (Å²) in [7, 11) is -3.74. The van der Waals surface area contributed by atoms with Crippen LogP contribution in [0.3, 0.4) is 0 Å². The zero-order valence-corrected chi connectivity index (χ0v) is 14.1. The van der Waals surface area contributed by atoms with Crippen LogP contribution in [0.5, 0.6) is 5.88 Å². The lowest BCUT2D eigenvalue weighted by molar-refractivity contribution is -0.0528. The van der Waals surface area contributed by atoms with Crippen LogP contribution in [0.4, 0.5) is 18.9 Å². The molecule has 7 nitrogen and oxygen atoms in total. The number of ether oxygens (including phenoxy) is 1. The van der Waals surface area contributed by atoms with Crippen molar-refractivity contribution in [3.05, 3.63) is 28.5 Å². The number of nitriles is 1. The highest BCUT2D eigenvalue weighted by Crippen LogP contribution is 2.37. The largest absolute Gasteiger partial charge is 0.414 e. The fourth-order valence-corrected chi connectivity index (χ4v) is 2.71. The number of halogens is 4. The van der Waals surface area contributed by atoms with Crippen molar-refractivity contribution in [2.75, 3.05) is 10.5 Å². The Labute approximate surface area is 145 Å². The number of sulfonamides is 1. The predicted molar refractivity (Wildman–Crippen MR) is 83.4 cm³/mol.